The highest BCUT2D eigenvalue weighted by atomic mass is 16.5. The number of imidazole rings is 1. The second kappa shape index (κ2) is 10.1. The Morgan fingerprint density at radius 3 is 2.45 bits per heavy atom. The van der Waals surface area contributed by atoms with Gasteiger partial charge >= 0.3 is 0 Å². The van der Waals surface area contributed by atoms with Crippen LogP contribution in [0.15, 0.2) is 85.3 Å². The highest BCUT2D eigenvalue weighted by Gasteiger charge is 2.40. The van der Waals surface area contributed by atoms with Crippen LogP contribution in [0, 0.1) is 23.2 Å². The van der Waals surface area contributed by atoms with E-state index in [1.54, 1.807) is 12.4 Å². The molecular formula is C33H28N8O. The van der Waals surface area contributed by atoms with Gasteiger partial charge in [-0.25, -0.2) is 15.0 Å². The molecule has 9 nitrogen and oxygen atoms in total. The van der Waals surface area contributed by atoms with Crippen LogP contribution < -0.4 is 9.64 Å². The third kappa shape index (κ3) is 4.28. The standard InChI is InChI=1S/C33H28N8O/c34-14-29-36-13-11-30(37-29)40-19-25-17-39(18-26(25)20-40)16-22-6-8-23(9-7-22)31-32(24-4-2-1-3-5-24)41-21-42-28-10-12-35-15-27(28)33(41)38-31/h1-13,15,25-26H,16-21H2/t25-,26?/m0/s1. The van der Waals surface area contributed by atoms with Crippen molar-refractivity contribution < 1.29 is 4.74 Å². The molecule has 0 spiro atoms. The summed E-state index contributed by atoms with van der Waals surface area (Å²) in [5.41, 5.74) is 6.40. The van der Waals surface area contributed by atoms with E-state index in [0.717, 1.165) is 78.2 Å². The molecule has 0 aliphatic carbocycles. The average molecular weight is 553 g/mol. The highest BCUT2D eigenvalue weighted by Crippen LogP contribution is 2.41. The van der Waals surface area contributed by atoms with Crippen molar-refractivity contribution in [3.05, 3.63) is 96.7 Å². The summed E-state index contributed by atoms with van der Waals surface area (Å²) in [5.74, 6) is 4.00. The molecule has 5 aromatic rings. The van der Waals surface area contributed by atoms with Crippen molar-refractivity contribution >= 4 is 5.82 Å². The van der Waals surface area contributed by atoms with Gasteiger partial charge in [0, 0.05) is 62.4 Å². The summed E-state index contributed by atoms with van der Waals surface area (Å²) in [6.45, 7) is 5.41. The van der Waals surface area contributed by atoms with E-state index < -0.39 is 0 Å². The summed E-state index contributed by atoms with van der Waals surface area (Å²) in [5, 5.41) is 9.15. The molecule has 6 heterocycles. The van der Waals surface area contributed by atoms with E-state index in [-0.39, 0.29) is 5.82 Å². The van der Waals surface area contributed by atoms with Crippen LogP contribution in [-0.4, -0.2) is 55.6 Å². The summed E-state index contributed by atoms with van der Waals surface area (Å²) >= 11 is 0. The minimum Gasteiger partial charge on any atom is -0.472 e. The number of likely N-dealkylation sites (tertiary alicyclic amines) is 1. The largest absolute Gasteiger partial charge is 0.472 e. The lowest BCUT2D eigenvalue weighted by Gasteiger charge is -2.22. The van der Waals surface area contributed by atoms with Crippen molar-refractivity contribution in [2.24, 2.45) is 11.8 Å². The molecule has 8 rings (SSSR count). The van der Waals surface area contributed by atoms with Gasteiger partial charge in [0.1, 0.15) is 23.5 Å². The number of hydrogen-bond donors (Lipinski definition) is 0. The van der Waals surface area contributed by atoms with Gasteiger partial charge in [0.2, 0.25) is 5.82 Å². The molecule has 2 aromatic carbocycles. The predicted octanol–water partition coefficient (Wildman–Crippen LogP) is 4.86. The van der Waals surface area contributed by atoms with Crippen LogP contribution in [0.2, 0.25) is 0 Å². The first-order chi connectivity index (χ1) is 20.7. The zero-order valence-electron chi connectivity index (χ0n) is 23.0. The van der Waals surface area contributed by atoms with E-state index in [9.17, 15) is 0 Å². The number of nitriles is 1. The second-order valence-corrected chi connectivity index (χ2v) is 11.2. The first kappa shape index (κ1) is 24.7. The number of benzene rings is 2. The molecule has 0 bridgehead atoms. The third-order valence-electron chi connectivity index (χ3n) is 8.65. The Morgan fingerprint density at radius 2 is 1.67 bits per heavy atom. The maximum absolute atomic E-state index is 9.15. The van der Waals surface area contributed by atoms with Crippen molar-refractivity contribution in [3.8, 4) is 45.7 Å². The lowest BCUT2D eigenvalue weighted by molar-refractivity contribution is 0.231. The fourth-order valence-corrected chi connectivity index (χ4v) is 6.70. The monoisotopic (exact) mass is 552 g/mol. The lowest BCUT2D eigenvalue weighted by Crippen LogP contribution is -2.29. The van der Waals surface area contributed by atoms with Crippen molar-refractivity contribution in [2.45, 2.75) is 13.3 Å². The molecule has 2 saturated heterocycles. The molecule has 0 radical (unpaired) electrons. The highest BCUT2D eigenvalue weighted by molar-refractivity contribution is 5.83. The molecule has 9 heteroatoms. The minimum absolute atomic E-state index is 0.233. The van der Waals surface area contributed by atoms with Crippen molar-refractivity contribution in [2.75, 3.05) is 31.1 Å². The zero-order chi connectivity index (χ0) is 28.0. The van der Waals surface area contributed by atoms with Gasteiger partial charge in [-0.1, -0.05) is 54.6 Å². The summed E-state index contributed by atoms with van der Waals surface area (Å²) in [4.78, 5) is 22.8. The molecule has 2 fully saturated rings. The van der Waals surface area contributed by atoms with Crippen LogP contribution in [0.3, 0.4) is 0 Å². The van der Waals surface area contributed by atoms with Crippen molar-refractivity contribution in [1.82, 2.24) is 29.4 Å². The molecule has 3 aromatic heterocycles. The molecule has 1 unspecified atom stereocenters. The number of aromatic nitrogens is 5. The molecule has 3 aliphatic heterocycles. The van der Waals surface area contributed by atoms with Crippen molar-refractivity contribution in [3.63, 3.8) is 0 Å². The zero-order valence-corrected chi connectivity index (χ0v) is 23.0. The van der Waals surface area contributed by atoms with Gasteiger partial charge in [-0.3, -0.25) is 14.5 Å². The molecule has 42 heavy (non-hydrogen) atoms. The number of rotatable bonds is 5. The Labute approximate surface area is 243 Å². The van der Waals surface area contributed by atoms with E-state index >= 15 is 0 Å². The number of fused-ring (bicyclic) bond motifs is 4. The quantitative estimate of drug-likeness (QED) is 0.305. The fraction of sp³-hybridized carbons (Fsp3) is 0.242. The van der Waals surface area contributed by atoms with Crippen LogP contribution >= 0.6 is 0 Å². The van der Waals surface area contributed by atoms with Crippen LogP contribution in [-0.2, 0) is 13.3 Å². The summed E-state index contributed by atoms with van der Waals surface area (Å²) in [6, 6.07) is 25.1. The van der Waals surface area contributed by atoms with E-state index in [1.807, 2.05) is 30.5 Å². The number of anilines is 1. The topological polar surface area (TPSA) is 96.0 Å². The lowest BCUT2D eigenvalue weighted by atomic mass is 10.0. The van der Waals surface area contributed by atoms with Gasteiger partial charge in [-0.2, -0.15) is 5.26 Å². The Hall–Kier alpha value is -5.07. The molecule has 0 amide bonds. The van der Waals surface area contributed by atoms with E-state index in [0.29, 0.717) is 18.6 Å². The van der Waals surface area contributed by atoms with Gasteiger partial charge in [-0.15, -0.1) is 0 Å². The number of ether oxygens (including phenoxy) is 1. The summed E-state index contributed by atoms with van der Waals surface area (Å²) < 4.78 is 8.23. The predicted molar refractivity (Wildman–Crippen MR) is 158 cm³/mol. The van der Waals surface area contributed by atoms with E-state index in [2.05, 4.69) is 77.8 Å². The van der Waals surface area contributed by atoms with Gasteiger partial charge in [0.25, 0.3) is 0 Å². The molecule has 0 N–H and O–H groups in total. The molecule has 2 atom stereocenters. The maximum atomic E-state index is 9.15. The third-order valence-corrected chi connectivity index (χ3v) is 8.65. The van der Waals surface area contributed by atoms with Gasteiger partial charge in [0.15, 0.2) is 6.73 Å². The van der Waals surface area contributed by atoms with E-state index in [1.165, 1.54) is 5.56 Å². The molecule has 206 valence electrons. The van der Waals surface area contributed by atoms with Crippen LogP contribution in [0.1, 0.15) is 11.4 Å². The fourth-order valence-electron chi connectivity index (χ4n) is 6.70. The average Bonchev–Trinajstić information content (AvgIpc) is 3.74. The first-order valence-electron chi connectivity index (χ1n) is 14.3. The normalized spacial score (nSPS) is 19.1. The number of nitrogens with zero attached hydrogens (tertiary/aromatic N) is 8. The molecular weight excluding hydrogens is 524 g/mol. The summed E-state index contributed by atoms with van der Waals surface area (Å²) in [6.07, 6.45) is 5.26. The number of hydrogen-bond acceptors (Lipinski definition) is 8. The van der Waals surface area contributed by atoms with Crippen LogP contribution in [0.4, 0.5) is 5.82 Å². The van der Waals surface area contributed by atoms with Crippen molar-refractivity contribution in [1.29, 1.82) is 5.26 Å². The minimum atomic E-state index is 0.233. The maximum Gasteiger partial charge on any atom is 0.234 e. The Kier molecular flexibility index (Phi) is 5.93. The van der Waals surface area contributed by atoms with E-state index in [4.69, 9.17) is 15.0 Å². The Balaban J connectivity index is 1.01. The van der Waals surface area contributed by atoms with Gasteiger partial charge < -0.3 is 9.64 Å². The summed E-state index contributed by atoms with van der Waals surface area (Å²) in [7, 11) is 0. The first-order valence-corrected chi connectivity index (χ1v) is 14.3. The second-order valence-electron chi connectivity index (χ2n) is 11.2. The Bertz CT molecular complexity index is 1800. The van der Waals surface area contributed by atoms with Crippen LogP contribution in [0.5, 0.6) is 5.75 Å². The number of pyridine rings is 1. The van der Waals surface area contributed by atoms with Gasteiger partial charge in [0.05, 0.1) is 17.0 Å². The molecule has 3 aliphatic rings. The smallest absolute Gasteiger partial charge is 0.234 e. The van der Waals surface area contributed by atoms with Gasteiger partial charge in [-0.05, 0) is 29.5 Å². The Morgan fingerprint density at radius 1 is 0.857 bits per heavy atom. The van der Waals surface area contributed by atoms with Crippen LogP contribution in [0.25, 0.3) is 33.9 Å². The molecule has 0 saturated carbocycles. The SMILES string of the molecule is N#Cc1nccc(N2CC3CN(Cc4ccc(-c5nc6n(c5-c5ccccc5)COc5ccncc5-6)cc4)C[C@H]3C2)n1.